The summed E-state index contributed by atoms with van der Waals surface area (Å²) in [5, 5.41) is 1.51. The molecule has 162 valence electrons. The summed E-state index contributed by atoms with van der Waals surface area (Å²) in [7, 11) is -2.97. The predicted octanol–water partition coefficient (Wildman–Crippen LogP) is 8.09. The molecular formula is C28H42Si2. The Bertz CT molecular complexity index is 908. The molecule has 2 aromatic carbocycles. The first-order valence-corrected chi connectivity index (χ1v) is 17.3. The van der Waals surface area contributed by atoms with Crippen molar-refractivity contribution < 1.29 is 0 Å². The summed E-state index contributed by atoms with van der Waals surface area (Å²) in [6.07, 6.45) is 0. The molecule has 0 heterocycles. The van der Waals surface area contributed by atoms with Crippen molar-refractivity contribution in [1.29, 1.82) is 0 Å². The van der Waals surface area contributed by atoms with Crippen LogP contribution in [-0.4, -0.2) is 16.1 Å². The first kappa shape index (κ1) is 24.7. The first-order chi connectivity index (χ1) is 13.8. The average molecular weight is 435 g/mol. The molecule has 0 saturated carbocycles. The molecule has 0 nitrogen and oxygen atoms in total. The third-order valence-electron chi connectivity index (χ3n) is 6.91. The zero-order valence-corrected chi connectivity index (χ0v) is 23.2. The van der Waals surface area contributed by atoms with Crippen molar-refractivity contribution in [3.05, 3.63) is 53.1 Å². The minimum Gasteiger partial charge on any atom is -0.125 e. The molecule has 0 aliphatic carbocycles. The molecule has 0 aliphatic heterocycles. The Morgan fingerprint density at radius 3 is 1.63 bits per heavy atom. The maximum Gasteiger partial charge on any atom is 0.146 e. The summed E-state index contributed by atoms with van der Waals surface area (Å²) in [6, 6.07) is 13.9. The van der Waals surface area contributed by atoms with Gasteiger partial charge in [0, 0.05) is 5.56 Å². The van der Waals surface area contributed by atoms with E-state index < -0.39 is 16.1 Å². The van der Waals surface area contributed by atoms with Gasteiger partial charge in [-0.1, -0.05) is 96.6 Å². The van der Waals surface area contributed by atoms with Crippen LogP contribution in [0.5, 0.6) is 0 Å². The second-order valence-corrected chi connectivity index (χ2v) is 21.6. The maximum atomic E-state index is 3.89. The van der Waals surface area contributed by atoms with Gasteiger partial charge in [-0.2, -0.15) is 0 Å². The third kappa shape index (κ3) is 5.01. The Morgan fingerprint density at radius 2 is 1.20 bits per heavy atom. The van der Waals surface area contributed by atoms with Crippen molar-refractivity contribution in [2.75, 3.05) is 0 Å². The highest BCUT2D eigenvalue weighted by atomic mass is 28.3. The monoisotopic (exact) mass is 434 g/mol. The highest BCUT2D eigenvalue weighted by Gasteiger charge is 2.41. The van der Waals surface area contributed by atoms with Crippen molar-refractivity contribution >= 4 is 21.3 Å². The minimum atomic E-state index is -1.71. The van der Waals surface area contributed by atoms with Gasteiger partial charge in [-0.25, -0.2) is 0 Å². The molecule has 0 aromatic heterocycles. The van der Waals surface area contributed by atoms with E-state index in [-0.39, 0.29) is 0 Å². The van der Waals surface area contributed by atoms with E-state index in [1.807, 2.05) is 0 Å². The number of hydrogen-bond acceptors (Lipinski definition) is 0. The van der Waals surface area contributed by atoms with Crippen molar-refractivity contribution in [3.8, 4) is 22.6 Å². The van der Waals surface area contributed by atoms with Gasteiger partial charge in [0.25, 0.3) is 0 Å². The normalized spacial score (nSPS) is 12.5. The molecule has 0 aliphatic rings. The van der Waals surface area contributed by atoms with Crippen LogP contribution < -0.4 is 5.19 Å². The molecule has 2 rings (SSSR count). The van der Waals surface area contributed by atoms with E-state index >= 15 is 0 Å². The molecule has 0 amide bonds. The Balaban J connectivity index is 2.49. The largest absolute Gasteiger partial charge is 0.146 e. The molecular weight excluding hydrogens is 392 g/mol. The maximum absolute atomic E-state index is 3.89. The highest BCUT2D eigenvalue weighted by molar-refractivity contribution is 6.90. The van der Waals surface area contributed by atoms with Crippen LogP contribution in [0.1, 0.15) is 58.2 Å². The lowest BCUT2D eigenvalue weighted by Gasteiger charge is -2.38. The van der Waals surface area contributed by atoms with Gasteiger partial charge in [-0.15, -0.1) is 5.54 Å². The van der Waals surface area contributed by atoms with E-state index in [0.717, 1.165) is 0 Å². The van der Waals surface area contributed by atoms with E-state index in [0.29, 0.717) is 16.6 Å². The molecule has 0 radical (unpaired) electrons. The lowest BCUT2D eigenvalue weighted by molar-refractivity contribution is 0.838. The number of hydrogen-bond donors (Lipinski definition) is 0. The standard InChI is InChI=1S/C28H42Si2/c1-20(2)30(21(3)4,22(5)6)17-16-26-18-24(8)28(19-23(26)7)25-12-14-27(15-13-25)29(9,10)11/h12-15,18-22H,1-11H3. The van der Waals surface area contributed by atoms with Gasteiger partial charge in [0.05, 0.1) is 8.07 Å². The summed E-state index contributed by atoms with van der Waals surface area (Å²) in [5.41, 5.74) is 12.3. The second-order valence-electron chi connectivity index (χ2n) is 11.0. The van der Waals surface area contributed by atoms with E-state index in [1.165, 1.54) is 33.0 Å². The number of rotatable bonds is 5. The first-order valence-electron chi connectivity index (χ1n) is 11.6. The van der Waals surface area contributed by atoms with E-state index in [4.69, 9.17) is 0 Å². The topological polar surface area (TPSA) is 0 Å². The van der Waals surface area contributed by atoms with Crippen molar-refractivity contribution in [2.24, 2.45) is 0 Å². The van der Waals surface area contributed by atoms with Gasteiger partial charge < -0.3 is 0 Å². The van der Waals surface area contributed by atoms with Crippen LogP contribution in [0.4, 0.5) is 0 Å². The zero-order chi connectivity index (χ0) is 22.9. The summed E-state index contributed by atoms with van der Waals surface area (Å²) in [5.74, 6) is 3.66. The van der Waals surface area contributed by atoms with Gasteiger partial charge in [0.2, 0.25) is 0 Å². The van der Waals surface area contributed by atoms with Crippen LogP contribution in [0.3, 0.4) is 0 Å². The van der Waals surface area contributed by atoms with Crippen LogP contribution in [0.15, 0.2) is 36.4 Å². The highest BCUT2D eigenvalue weighted by Crippen LogP contribution is 2.41. The van der Waals surface area contributed by atoms with Gasteiger partial charge in [-0.05, 0) is 64.9 Å². The fraction of sp³-hybridized carbons (Fsp3) is 0.500. The smallest absolute Gasteiger partial charge is 0.125 e. The van der Waals surface area contributed by atoms with Crippen LogP contribution >= 0.6 is 0 Å². The number of aryl methyl sites for hydroxylation is 2. The molecule has 0 unspecified atom stereocenters. The van der Waals surface area contributed by atoms with Gasteiger partial charge in [0.15, 0.2) is 0 Å². The van der Waals surface area contributed by atoms with Gasteiger partial charge in [0.1, 0.15) is 8.07 Å². The van der Waals surface area contributed by atoms with Crippen LogP contribution in [0.2, 0.25) is 36.3 Å². The average Bonchev–Trinajstić information content (AvgIpc) is 2.63. The summed E-state index contributed by atoms with van der Waals surface area (Å²) in [4.78, 5) is 0. The van der Waals surface area contributed by atoms with Gasteiger partial charge >= 0.3 is 0 Å². The van der Waals surface area contributed by atoms with Crippen molar-refractivity contribution in [2.45, 2.75) is 91.7 Å². The van der Waals surface area contributed by atoms with E-state index in [1.54, 1.807) is 0 Å². The van der Waals surface area contributed by atoms with Crippen LogP contribution in [0.25, 0.3) is 11.1 Å². The Hall–Kier alpha value is -1.57. The van der Waals surface area contributed by atoms with Gasteiger partial charge in [-0.3, -0.25) is 0 Å². The van der Waals surface area contributed by atoms with Crippen molar-refractivity contribution in [3.63, 3.8) is 0 Å². The lowest BCUT2D eigenvalue weighted by atomic mass is 9.95. The van der Waals surface area contributed by atoms with Crippen LogP contribution in [0, 0.1) is 25.3 Å². The van der Waals surface area contributed by atoms with E-state index in [2.05, 4.69) is 123 Å². The van der Waals surface area contributed by atoms with Crippen molar-refractivity contribution in [1.82, 2.24) is 0 Å². The summed E-state index contributed by atoms with van der Waals surface area (Å²) < 4.78 is 0. The fourth-order valence-corrected chi connectivity index (χ4v) is 11.4. The molecule has 30 heavy (non-hydrogen) atoms. The fourth-order valence-electron chi connectivity index (χ4n) is 5.02. The molecule has 0 N–H and O–H groups in total. The Morgan fingerprint density at radius 1 is 0.700 bits per heavy atom. The third-order valence-corrected chi connectivity index (χ3v) is 15.3. The van der Waals surface area contributed by atoms with Crippen LogP contribution in [-0.2, 0) is 0 Å². The molecule has 2 aromatic rings. The quantitative estimate of drug-likeness (QED) is 0.329. The SMILES string of the molecule is Cc1cc(-c2ccc([Si](C)(C)C)cc2)c(C)cc1C#C[Si](C(C)C)(C(C)C)C(C)C. The molecule has 0 fully saturated rings. The lowest BCUT2D eigenvalue weighted by Crippen LogP contribution is -2.43. The minimum absolute atomic E-state index is 0.663. The summed E-state index contributed by atoms with van der Waals surface area (Å²) >= 11 is 0. The second kappa shape index (κ2) is 9.29. The molecule has 0 bridgehead atoms. The predicted molar refractivity (Wildman–Crippen MR) is 142 cm³/mol. The Labute approximate surface area is 188 Å². The summed E-state index contributed by atoms with van der Waals surface area (Å²) in [6.45, 7) is 25.9. The molecule has 0 spiro atoms. The Kier molecular flexibility index (Phi) is 7.65. The number of benzene rings is 2. The molecule has 0 atom stereocenters. The molecule has 0 saturated heterocycles. The zero-order valence-electron chi connectivity index (χ0n) is 21.2. The molecule has 2 heteroatoms. The van der Waals surface area contributed by atoms with E-state index in [9.17, 15) is 0 Å².